The molecular weight excluding hydrogens is 475 g/mol. The number of ether oxygens (including phenoxy) is 1. The lowest BCUT2D eigenvalue weighted by Gasteiger charge is -2.37. The molecule has 3 aromatic rings. The Morgan fingerprint density at radius 1 is 1.00 bits per heavy atom. The Morgan fingerprint density at radius 2 is 1.60 bits per heavy atom. The first-order valence-electron chi connectivity index (χ1n) is 10.9. The van der Waals surface area contributed by atoms with Crippen molar-refractivity contribution in [2.24, 2.45) is 7.05 Å². The molecule has 1 aliphatic heterocycles. The minimum Gasteiger partial charge on any atom is -0.462 e. The van der Waals surface area contributed by atoms with Crippen LogP contribution in [0.1, 0.15) is 27.6 Å². The molecule has 2 aromatic carbocycles. The molecule has 3 N–H and O–H groups in total. The highest BCUT2D eigenvalue weighted by molar-refractivity contribution is 6.15. The summed E-state index contributed by atoms with van der Waals surface area (Å²) in [6.45, 7) is 3.55. The van der Waals surface area contributed by atoms with Gasteiger partial charge in [0.1, 0.15) is 11.4 Å². The Labute approximate surface area is 208 Å². The summed E-state index contributed by atoms with van der Waals surface area (Å²) in [7, 11) is 1.64. The van der Waals surface area contributed by atoms with Gasteiger partial charge in [-0.1, -0.05) is 18.2 Å². The van der Waals surface area contributed by atoms with Crippen molar-refractivity contribution in [3.63, 3.8) is 0 Å². The number of carbonyl (C=O) groups excluding carboxylic acids is 2. The monoisotopic (exact) mass is 504 g/mol. The highest BCUT2D eigenvalue weighted by atomic mass is 35.5. The van der Waals surface area contributed by atoms with Crippen LogP contribution in [0.4, 0.5) is 10.1 Å². The van der Waals surface area contributed by atoms with Crippen molar-refractivity contribution in [1.82, 2.24) is 15.6 Å². The number of amides is 1. The molecule has 0 bridgehead atoms. The maximum atomic E-state index is 13.2. The molecule has 1 aliphatic rings. The van der Waals surface area contributed by atoms with Crippen molar-refractivity contribution in [3.8, 4) is 0 Å². The summed E-state index contributed by atoms with van der Waals surface area (Å²) in [6, 6.07) is 12.9. The van der Waals surface area contributed by atoms with Gasteiger partial charge in [-0.25, -0.2) is 9.18 Å². The maximum absolute atomic E-state index is 13.2. The van der Waals surface area contributed by atoms with E-state index in [0.29, 0.717) is 42.9 Å². The largest absolute Gasteiger partial charge is 0.462 e. The first-order valence-corrected chi connectivity index (χ1v) is 11.6. The van der Waals surface area contributed by atoms with E-state index in [0.717, 1.165) is 5.39 Å². The van der Waals surface area contributed by atoms with Gasteiger partial charge in [0.05, 0.1) is 17.8 Å². The highest BCUT2D eigenvalue weighted by Gasteiger charge is 2.29. The zero-order chi connectivity index (χ0) is 24.8. The molecule has 0 saturated carbocycles. The van der Waals surface area contributed by atoms with Gasteiger partial charge in [0, 0.05) is 50.6 Å². The first-order chi connectivity index (χ1) is 16.4. The number of rotatable bonds is 4. The third-order valence-corrected chi connectivity index (χ3v) is 5.73. The molecule has 0 atom stereocenters. The van der Waals surface area contributed by atoms with E-state index in [1.807, 2.05) is 29.2 Å². The molecule has 0 unspecified atom stereocenters. The normalized spacial score (nSPS) is 12.9. The predicted molar refractivity (Wildman–Crippen MR) is 136 cm³/mol. The lowest BCUT2D eigenvalue weighted by atomic mass is 10.1. The summed E-state index contributed by atoms with van der Waals surface area (Å²) >= 11 is 4.64. The molecule has 1 aromatic heterocycles. The molecule has 0 aliphatic carbocycles. The number of para-hydroxylation sites is 1. The number of hydrogen-bond donors (Lipinski definition) is 1. The molecule has 188 valence electrons. The van der Waals surface area contributed by atoms with Crippen molar-refractivity contribution in [1.29, 1.82) is 0 Å². The molecule has 8 nitrogen and oxygen atoms in total. The molecule has 4 rings (SSSR count). The summed E-state index contributed by atoms with van der Waals surface area (Å²) < 4.78 is 19.8. The third kappa shape index (κ3) is 5.63. The van der Waals surface area contributed by atoms with Crippen LogP contribution >= 0.6 is 11.6 Å². The summed E-state index contributed by atoms with van der Waals surface area (Å²) in [5.74, 6) is -1.22. The number of pyridine rings is 1. The van der Waals surface area contributed by atoms with Crippen molar-refractivity contribution >= 4 is 40.1 Å². The van der Waals surface area contributed by atoms with Gasteiger partial charge < -0.3 is 25.3 Å². The summed E-state index contributed by atoms with van der Waals surface area (Å²) in [5, 5.41) is 0.774. The number of aromatic nitrogens is 1. The standard InChI is InChI=1S/C24H24FN3O4.CH3Cl.H3N/c1-3-32-24(31)20-21(18-6-4-5-7-19(18)26(2)23(20)30)27-12-14-28(15-13-27)22(29)16-8-10-17(25)11-9-16;1-2;/h4-11H,3,12-15H2,1-2H3;1H3;1H3. The van der Waals surface area contributed by atoms with Crippen LogP contribution in [0.25, 0.3) is 10.9 Å². The van der Waals surface area contributed by atoms with E-state index in [2.05, 4.69) is 11.6 Å². The lowest BCUT2D eigenvalue weighted by molar-refractivity contribution is 0.0523. The van der Waals surface area contributed by atoms with Gasteiger partial charge in [0.2, 0.25) is 0 Å². The van der Waals surface area contributed by atoms with Crippen LogP contribution in [0.3, 0.4) is 0 Å². The Bertz CT molecular complexity index is 1240. The summed E-state index contributed by atoms with van der Waals surface area (Å²) in [4.78, 5) is 42.3. The second kappa shape index (κ2) is 12.3. The number of aryl methyl sites for hydroxylation is 1. The van der Waals surface area contributed by atoms with Gasteiger partial charge in [-0.05, 0) is 37.3 Å². The third-order valence-electron chi connectivity index (χ3n) is 5.73. The fraction of sp³-hybridized carbons (Fsp3) is 0.320. The molecule has 2 heterocycles. The first kappa shape index (κ1) is 27.8. The molecule has 35 heavy (non-hydrogen) atoms. The fourth-order valence-electron chi connectivity index (χ4n) is 4.10. The second-order valence-electron chi connectivity index (χ2n) is 7.61. The number of alkyl halides is 1. The molecule has 10 heteroatoms. The smallest absolute Gasteiger partial charge is 0.345 e. The number of nitrogens with zero attached hydrogens (tertiary/aromatic N) is 3. The van der Waals surface area contributed by atoms with E-state index in [9.17, 15) is 18.8 Å². The van der Waals surface area contributed by atoms with Crippen LogP contribution < -0.4 is 16.6 Å². The van der Waals surface area contributed by atoms with E-state index in [-0.39, 0.29) is 24.2 Å². The van der Waals surface area contributed by atoms with Crippen LogP contribution in [0.2, 0.25) is 0 Å². The van der Waals surface area contributed by atoms with E-state index in [1.165, 1.54) is 35.2 Å². The van der Waals surface area contributed by atoms with Gasteiger partial charge in [0.15, 0.2) is 0 Å². The maximum Gasteiger partial charge on any atom is 0.345 e. The van der Waals surface area contributed by atoms with Crippen LogP contribution in [-0.4, -0.2) is 60.5 Å². The number of piperazine rings is 1. The summed E-state index contributed by atoms with van der Waals surface area (Å²) in [5.41, 5.74) is 1.26. The van der Waals surface area contributed by atoms with Gasteiger partial charge in [-0.3, -0.25) is 9.59 Å². The van der Waals surface area contributed by atoms with Gasteiger partial charge in [0.25, 0.3) is 11.5 Å². The predicted octanol–water partition coefficient (Wildman–Crippen LogP) is 3.83. The molecule has 0 spiro atoms. The zero-order valence-corrected chi connectivity index (χ0v) is 20.8. The Kier molecular flexibility index (Phi) is 9.79. The quantitative estimate of drug-likeness (QED) is 0.427. The molecule has 1 saturated heterocycles. The van der Waals surface area contributed by atoms with Crippen LogP contribution in [0.5, 0.6) is 0 Å². The Morgan fingerprint density at radius 3 is 2.20 bits per heavy atom. The number of anilines is 1. The van der Waals surface area contributed by atoms with Crippen LogP contribution in [0.15, 0.2) is 53.3 Å². The lowest BCUT2D eigenvalue weighted by Crippen LogP contribution is -2.49. The van der Waals surface area contributed by atoms with E-state index in [4.69, 9.17) is 4.74 Å². The Hall–Kier alpha value is -3.43. The van der Waals surface area contributed by atoms with Gasteiger partial charge >= 0.3 is 5.97 Å². The van der Waals surface area contributed by atoms with E-state index < -0.39 is 17.3 Å². The average molecular weight is 505 g/mol. The van der Waals surface area contributed by atoms with Crippen molar-refractivity contribution in [2.75, 3.05) is 44.1 Å². The topological polar surface area (TPSA) is 107 Å². The number of esters is 1. The van der Waals surface area contributed by atoms with Crippen molar-refractivity contribution < 1.29 is 18.7 Å². The summed E-state index contributed by atoms with van der Waals surface area (Å²) in [6.07, 6.45) is 1.47. The van der Waals surface area contributed by atoms with E-state index in [1.54, 1.807) is 18.9 Å². The molecule has 1 amide bonds. The fourth-order valence-corrected chi connectivity index (χ4v) is 4.10. The molecule has 1 fully saturated rings. The van der Waals surface area contributed by atoms with Gasteiger partial charge in [-0.2, -0.15) is 0 Å². The van der Waals surface area contributed by atoms with Gasteiger partial charge in [-0.15, -0.1) is 11.6 Å². The Balaban J connectivity index is 0.00000140. The minimum absolute atomic E-state index is 0. The minimum atomic E-state index is -0.654. The highest BCUT2D eigenvalue weighted by Crippen LogP contribution is 2.30. The molecular formula is C25H30ClFN4O4. The zero-order valence-electron chi connectivity index (χ0n) is 20.1. The number of hydrogen-bond acceptors (Lipinski definition) is 6. The van der Waals surface area contributed by atoms with Crippen LogP contribution in [-0.2, 0) is 11.8 Å². The molecule has 0 radical (unpaired) electrons. The number of fused-ring (bicyclic) bond motifs is 1. The van der Waals surface area contributed by atoms with E-state index >= 15 is 0 Å². The van der Waals surface area contributed by atoms with Crippen molar-refractivity contribution in [2.45, 2.75) is 6.92 Å². The SMILES string of the molecule is CCOC(=O)c1c(N2CCN(C(=O)c3ccc(F)cc3)CC2)c2ccccc2n(C)c1=O.CCl.N. The number of halogens is 2. The van der Waals surface area contributed by atoms with Crippen molar-refractivity contribution in [3.05, 3.63) is 75.8 Å². The average Bonchev–Trinajstić information content (AvgIpc) is 2.87. The number of carbonyl (C=O) groups is 2. The van der Waals surface area contributed by atoms with Crippen LogP contribution in [0, 0.1) is 5.82 Å². The number of benzene rings is 2. The second-order valence-corrected chi connectivity index (χ2v) is 7.61.